The Morgan fingerprint density at radius 2 is 1.95 bits per heavy atom. The average Bonchev–Trinajstić information content (AvgIpc) is 2.88. The van der Waals surface area contributed by atoms with Crippen molar-refractivity contribution in [1.82, 2.24) is 4.90 Å². The fraction of sp³-hybridized carbons (Fsp3) is 0.588. The standard InChI is InChI=1S/C17H26N2O3/c1-5-22-17(2,3)16(20)19-10-14(15(18)11-19)12-6-8-13(21-4)9-7-12/h6-9,14-15H,5,10-11,18H2,1-4H3/t14-,15+/m1/s1. The van der Waals surface area contributed by atoms with Crippen LogP contribution in [0.25, 0.3) is 0 Å². The van der Waals surface area contributed by atoms with Gasteiger partial charge in [0.15, 0.2) is 0 Å². The molecule has 1 heterocycles. The summed E-state index contributed by atoms with van der Waals surface area (Å²) in [5, 5.41) is 0. The number of amides is 1. The number of rotatable bonds is 5. The van der Waals surface area contributed by atoms with Crippen LogP contribution < -0.4 is 10.5 Å². The Hall–Kier alpha value is -1.59. The van der Waals surface area contributed by atoms with Gasteiger partial charge in [-0.2, -0.15) is 0 Å². The van der Waals surface area contributed by atoms with Gasteiger partial charge >= 0.3 is 0 Å². The molecule has 0 unspecified atom stereocenters. The molecule has 0 bridgehead atoms. The first kappa shape index (κ1) is 16.8. The highest BCUT2D eigenvalue weighted by Gasteiger charge is 2.40. The average molecular weight is 306 g/mol. The Morgan fingerprint density at radius 3 is 2.50 bits per heavy atom. The van der Waals surface area contributed by atoms with Crippen LogP contribution in [0, 0.1) is 0 Å². The molecule has 0 saturated carbocycles. The Morgan fingerprint density at radius 1 is 1.32 bits per heavy atom. The molecule has 0 aromatic heterocycles. The van der Waals surface area contributed by atoms with Crippen LogP contribution in [0.4, 0.5) is 0 Å². The van der Waals surface area contributed by atoms with Gasteiger partial charge in [0.2, 0.25) is 0 Å². The maximum Gasteiger partial charge on any atom is 0.254 e. The van der Waals surface area contributed by atoms with Crippen molar-refractivity contribution < 1.29 is 14.3 Å². The number of carbonyl (C=O) groups excluding carboxylic acids is 1. The molecule has 0 radical (unpaired) electrons. The number of nitrogens with two attached hydrogens (primary N) is 1. The van der Waals surface area contributed by atoms with Gasteiger partial charge in [-0.1, -0.05) is 12.1 Å². The predicted octanol–water partition coefficient (Wildman–Crippen LogP) is 1.76. The summed E-state index contributed by atoms with van der Waals surface area (Å²) >= 11 is 0. The lowest BCUT2D eigenvalue weighted by molar-refractivity contribution is -0.152. The number of nitrogens with zero attached hydrogens (tertiary/aromatic N) is 1. The maximum atomic E-state index is 12.6. The SMILES string of the molecule is CCOC(C)(C)C(=O)N1C[C@H](c2ccc(OC)cc2)[C@@H](N)C1. The van der Waals surface area contributed by atoms with E-state index in [-0.39, 0.29) is 17.9 Å². The number of hydrogen-bond acceptors (Lipinski definition) is 4. The van der Waals surface area contributed by atoms with E-state index in [2.05, 4.69) is 0 Å². The Balaban J connectivity index is 2.09. The van der Waals surface area contributed by atoms with Gasteiger partial charge in [0.05, 0.1) is 7.11 Å². The van der Waals surface area contributed by atoms with Gasteiger partial charge in [0.25, 0.3) is 5.91 Å². The van der Waals surface area contributed by atoms with Gasteiger partial charge in [-0.05, 0) is 38.5 Å². The third-order valence-corrected chi connectivity index (χ3v) is 4.22. The number of carbonyl (C=O) groups is 1. The van der Waals surface area contributed by atoms with Gasteiger partial charge in [-0.25, -0.2) is 0 Å². The fourth-order valence-electron chi connectivity index (χ4n) is 3.00. The second kappa shape index (κ2) is 6.67. The molecular weight excluding hydrogens is 280 g/mol. The smallest absolute Gasteiger partial charge is 0.254 e. The summed E-state index contributed by atoms with van der Waals surface area (Å²) in [6.45, 7) is 7.22. The zero-order valence-corrected chi connectivity index (χ0v) is 13.8. The first-order chi connectivity index (χ1) is 10.4. The molecule has 0 spiro atoms. The van der Waals surface area contributed by atoms with Gasteiger partial charge in [-0.3, -0.25) is 4.79 Å². The lowest BCUT2D eigenvalue weighted by Gasteiger charge is -2.29. The molecule has 2 rings (SSSR count). The summed E-state index contributed by atoms with van der Waals surface area (Å²) < 4.78 is 10.7. The molecule has 1 aromatic rings. The second-order valence-corrected chi connectivity index (χ2v) is 6.20. The number of benzene rings is 1. The van der Waals surface area contributed by atoms with Gasteiger partial charge in [-0.15, -0.1) is 0 Å². The van der Waals surface area contributed by atoms with E-state index in [9.17, 15) is 4.79 Å². The zero-order chi connectivity index (χ0) is 16.3. The minimum Gasteiger partial charge on any atom is -0.497 e. The summed E-state index contributed by atoms with van der Waals surface area (Å²) in [6, 6.07) is 7.83. The minimum atomic E-state index is -0.802. The molecule has 5 heteroatoms. The molecule has 2 atom stereocenters. The van der Waals surface area contributed by atoms with Crippen molar-refractivity contribution in [1.29, 1.82) is 0 Å². The third-order valence-electron chi connectivity index (χ3n) is 4.22. The van der Waals surface area contributed by atoms with Crippen molar-refractivity contribution >= 4 is 5.91 Å². The van der Waals surface area contributed by atoms with Crippen molar-refractivity contribution in [3.63, 3.8) is 0 Å². The lowest BCUT2D eigenvalue weighted by Crippen LogP contribution is -2.46. The largest absolute Gasteiger partial charge is 0.497 e. The Labute approximate surface area is 132 Å². The highest BCUT2D eigenvalue weighted by Crippen LogP contribution is 2.29. The van der Waals surface area contributed by atoms with Crippen molar-refractivity contribution in [3.8, 4) is 5.75 Å². The van der Waals surface area contributed by atoms with E-state index in [4.69, 9.17) is 15.2 Å². The van der Waals surface area contributed by atoms with E-state index in [1.54, 1.807) is 7.11 Å². The number of hydrogen-bond donors (Lipinski definition) is 1. The minimum absolute atomic E-state index is 0.000752. The molecule has 5 nitrogen and oxygen atoms in total. The van der Waals surface area contributed by atoms with Crippen LogP contribution in [0.1, 0.15) is 32.3 Å². The van der Waals surface area contributed by atoms with Gasteiger partial charge in [0.1, 0.15) is 11.4 Å². The molecule has 1 aliphatic rings. The normalized spacial score (nSPS) is 22.0. The zero-order valence-electron chi connectivity index (χ0n) is 13.8. The summed E-state index contributed by atoms with van der Waals surface area (Å²) in [7, 11) is 1.65. The van der Waals surface area contributed by atoms with Crippen LogP contribution >= 0.6 is 0 Å². The van der Waals surface area contributed by atoms with Crippen molar-refractivity contribution in [2.75, 3.05) is 26.8 Å². The third kappa shape index (κ3) is 3.42. The summed E-state index contributed by atoms with van der Waals surface area (Å²) in [6.07, 6.45) is 0. The van der Waals surface area contributed by atoms with Crippen LogP contribution in [0.15, 0.2) is 24.3 Å². The highest BCUT2D eigenvalue weighted by molar-refractivity contribution is 5.85. The summed E-state index contributed by atoms with van der Waals surface area (Å²) in [5.41, 5.74) is 6.60. The van der Waals surface area contributed by atoms with E-state index in [1.807, 2.05) is 49.9 Å². The van der Waals surface area contributed by atoms with Crippen molar-refractivity contribution in [3.05, 3.63) is 29.8 Å². The summed E-state index contributed by atoms with van der Waals surface area (Å²) in [4.78, 5) is 14.4. The van der Waals surface area contributed by atoms with Gasteiger partial charge < -0.3 is 20.1 Å². The molecule has 1 aliphatic heterocycles. The second-order valence-electron chi connectivity index (χ2n) is 6.20. The topological polar surface area (TPSA) is 64.8 Å². The lowest BCUT2D eigenvalue weighted by atomic mass is 9.95. The van der Waals surface area contributed by atoms with Crippen molar-refractivity contribution in [2.45, 2.75) is 38.3 Å². The Kier molecular flexibility index (Phi) is 5.08. The summed E-state index contributed by atoms with van der Waals surface area (Å²) in [5.74, 6) is 0.967. The van der Waals surface area contributed by atoms with Gasteiger partial charge in [0, 0.05) is 31.7 Å². The first-order valence-electron chi connectivity index (χ1n) is 7.72. The van der Waals surface area contributed by atoms with Crippen LogP contribution in [-0.2, 0) is 9.53 Å². The van der Waals surface area contributed by atoms with E-state index in [0.29, 0.717) is 19.7 Å². The number of likely N-dealkylation sites (tertiary alicyclic amines) is 1. The van der Waals surface area contributed by atoms with E-state index < -0.39 is 5.60 Å². The fourth-order valence-corrected chi connectivity index (χ4v) is 3.00. The molecule has 1 saturated heterocycles. The molecule has 2 N–H and O–H groups in total. The number of methoxy groups -OCH3 is 1. The van der Waals surface area contributed by atoms with Crippen LogP contribution in [0.5, 0.6) is 5.75 Å². The molecule has 22 heavy (non-hydrogen) atoms. The molecule has 0 aliphatic carbocycles. The van der Waals surface area contributed by atoms with E-state index in [0.717, 1.165) is 11.3 Å². The predicted molar refractivity (Wildman–Crippen MR) is 86.0 cm³/mol. The number of ether oxygens (including phenoxy) is 2. The quantitative estimate of drug-likeness (QED) is 0.900. The first-order valence-corrected chi connectivity index (χ1v) is 7.72. The van der Waals surface area contributed by atoms with Crippen LogP contribution in [0.3, 0.4) is 0 Å². The van der Waals surface area contributed by atoms with E-state index in [1.165, 1.54) is 0 Å². The monoisotopic (exact) mass is 306 g/mol. The molecule has 1 aromatic carbocycles. The molecular formula is C17H26N2O3. The molecule has 1 amide bonds. The molecule has 122 valence electrons. The Bertz CT molecular complexity index is 513. The van der Waals surface area contributed by atoms with Crippen LogP contribution in [-0.4, -0.2) is 49.3 Å². The molecule has 1 fully saturated rings. The highest BCUT2D eigenvalue weighted by atomic mass is 16.5. The van der Waals surface area contributed by atoms with Crippen molar-refractivity contribution in [2.24, 2.45) is 5.73 Å². The maximum absolute atomic E-state index is 12.6. The van der Waals surface area contributed by atoms with E-state index >= 15 is 0 Å². The van der Waals surface area contributed by atoms with Crippen LogP contribution in [0.2, 0.25) is 0 Å².